The van der Waals surface area contributed by atoms with Crippen molar-refractivity contribution in [3.8, 4) is 0 Å². The maximum absolute atomic E-state index is 12.5. The van der Waals surface area contributed by atoms with E-state index in [9.17, 15) is 8.42 Å². The summed E-state index contributed by atoms with van der Waals surface area (Å²) in [5.41, 5.74) is 9.48. The van der Waals surface area contributed by atoms with E-state index >= 15 is 0 Å². The molecule has 2 aromatic carbocycles. The summed E-state index contributed by atoms with van der Waals surface area (Å²) in [6.07, 6.45) is 0. The third kappa shape index (κ3) is 3.39. The number of rotatable bonds is 3. The molecule has 0 unspecified atom stereocenters. The highest BCUT2D eigenvalue weighted by Gasteiger charge is 2.19. The quantitative estimate of drug-likeness (QED) is 0.810. The molecule has 2 rings (SSSR count). The molecule has 0 saturated carbocycles. The molecular weight excluding hydrogens is 352 g/mol. The summed E-state index contributed by atoms with van der Waals surface area (Å²) in [6, 6.07) is 8.59. The molecule has 0 atom stereocenters. The van der Waals surface area contributed by atoms with E-state index in [0.29, 0.717) is 5.69 Å². The van der Waals surface area contributed by atoms with Crippen LogP contribution in [0.3, 0.4) is 0 Å². The molecule has 3 N–H and O–H groups in total. The van der Waals surface area contributed by atoms with Crippen LogP contribution in [0.4, 0.5) is 11.4 Å². The molecule has 0 amide bonds. The lowest BCUT2D eigenvalue weighted by Crippen LogP contribution is -2.16. The standard InChI is InChI=1S/C15H17BrN2O2S/c1-9-6-10(2)15(11(3)7-9)18-21(19,20)14-5-4-12(16)8-13(14)17/h4-8,18H,17H2,1-3H3. The van der Waals surface area contributed by atoms with Crippen molar-refractivity contribution in [1.82, 2.24) is 0 Å². The Hall–Kier alpha value is -1.53. The average Bonchev–Trinajstić information content (AvgIpc) is 2.33. The number of nitrogen functional groups attached to an aromatic ring is 1. The second-order valence-corrected chi connectivity index (χ2v) is 7.63. The van der Waals surface area contributed by atoms with E-state index in [1.807, 2.05) is 32.9 Å². The van der Waals surface area contributed by atoms with Gasteiger partial charge < -0.3 is 5.73 Å². The van der Waals surface area contributed by atoms with Crippen molar-refractivity contribution in [1.29, 1.82) is 0 Å². The van der Waals surface area contributed by atoms with Gasteiger partial charge in [0.25, 0.3) is 10.0 Å². The zero-order valence-corrected chi connectivity index (χ0v) is 14.5. The molecule has 0 heterocycles. The first-order valence-corrected chi connectivity index (χ1v) is 8.64. The Morgan fingerprint density at radius 2 is 1.62 bits per heavy atom. The van der Waals surface area contributed by atoms with E-state index in [4.69, 9.17) is 5.73 Å². The van der Waals surface area contributed by atoms with Crippen LogP contribution in [0.1, 0.15) is 16.7 Å². The van der Waals surface area contributed by atoms with Crippen LogP contribution < -0.4 is 10.5 Å². The Kier molecular flexibility index (Phi) is 4.30. The SMILES string of the molecule is Cc1cc(C)c(NS(=O)(=O)c2ccc(Br)cc2N)c(C)c1. The number of aryl methyl sites for hydroxylation is 3. The van der Waals surface area contributed by atoms with Gasteiger partial charge in [-0.05, 0) is 50.1 Å². The van der Waals surface area contributed by atoms with Gasteiger partial charge in [-0.1, -0.05) is 33.6 Å². The van der Waals surface area contributed by atoms with Crippen LogP contribution in [0.5, 0.6) is 0 Å². The van der Waals surface area contributed by atoms with Gasteiger partial charge >= 0.3 is 0 Å². The molecule has 6 heteroatoms. The van der Waals surface area contributed by atoms with Crippen molar-refractivity contribution in [3.63, 3.8) is 0 Å². The summed E-state index contributed by atoms with van der Waals surface area (Å²) in [5.74, 6) is 0. The maximum atomic E-state index is 12.5. The van der Waals surface area contributed by atoms with Gasteiger partial charge in [0.1, 0.15) is 4.90 Å². The Balaban J connectivity index is 2.47. The minimum absolute atomic E-state index is 0.0741. The molecule has 0 bridgehead atoms. The predicted molar refractivity (Wildman–Crippen MR) is 90.0 cm³/mol. The molecule has 2 aromatic rings. The van der Waals surface area contributed by atoms with E-state index in [1.165, 1.54) is 6.07 Å². The van der Waals surface area contributed by atoms with Crippen molar-refractivity contribution < 1.29 is 8.42 Å². The Morgan fingerprint density at radius 1 is 1.05 bits per heavy atom. The molecule has 0 fully saturated rings. The first kappa shape index (κ1) is 15.9. The van der Waals surface area contributed by atoms with Gasteiger partial charge in [0.2, 0.25) is 0 Å². The monoisotopic (exact) mass is 368 g/mol. The molecule has 0 saturated heterocycles. The fraction of sp³-hybridized carbons (Fsp3) is 0.200. The molecule has 0 aliphatic heterocycles. The van der Waals surface area contributed by atoms with Crippen molar-refractivity contribution in [2.45, 2.75) is 25.7 Å². The first-order valence-electron chi connectivity index (χ1n) is 6.36. The minimum atomic E-state index is -3.71. The lowest BCUT2D eigenvalue weighted by molar-refractivity contribution is 0.601. The normalized spacial score (nSPS) is 11.4. The van der Waals surface area contributed by atoms with E-state index in [1.54, 1.807) is 12.1 Å². The molecule has 0 spiro atoms. The number of halogens is 1. The summed E-state index contributed by atoms with van der Waals surface area (Å²) in [5, 5.41) is 0. The van der Waals surface area contributed by atoms with Crippen LogP contribution in [0, 0.1) is 20.8 Å². The fourth-order valence-corrected chi connectivity index (χ4v) is 3.99. The second kappa shape index (κ2) is 5.69. The molecule has 112 valence electrons. The van der Waals surface area contributed by atoms with Crippen LogP contribution in [0.25, 0.3) is 0 Å². The summed E-state index contributed by atoms with van der Waals surface area (Å²) >= 11 is 3.27. The fourth-order valence-electron chi connectivity index (χ4n) is 2.29. The molecule has 21 heavy (non-hydrogen) atoms. The summed E-state index contributed by atoms with van der Waals surface area (Å²) in [6.45, 7) is 5.73. The zero-order valence-electron chi connectivity index (χ0n) is 12.1. The third-order valence-electron chi connectivity index (χ3n) is 3.17. The van der Waals surface area contributed by atoms with Crippen LogP contribution >= 0.6 is 15.9 Å². The van der Waals surface area contributed by atoms with E-state index in [2.05, 4.69) is 20.7 Å². The van der Waals surface area contributed by atoms with Crippen LogP contribution in [0.2, 0.25) is 0 Å². The van der Waals surface area contributed by atoms with Crippen LogP contribution in [-0.2, 0) is 10.0 Å². The highest BCUT2D eigenvalue weighted by Crippen LogP contribution is 2.28. The predicted octanol–water partition coefficient (Wildman–Crippen LogP) is 3.76. The topological polar surface area (TPSA) is 72.2 Å². The number of benzene rings is 2. The van der Waals surface area contributed by atoms with Gasteiger partial charge in [0.15, 0.2) is 0 Å². The molecule has 4 nitrogen and oxygen atoms in total. The Labute approximate surface area is 133 Å². The van der Waals surface area contributed by atoms with Gasteiger partial charge in [0.05, 0.1) is 11.4 Å². The molecule has 0 aliphatic rings. The third-order valence-corrected chi connectivity index (χ3v) is 5.09. The summed E-state index contributed by atoms with van der Waals surface area (Å²) in [7, 11) is -3.71. The lowest BCUT2D eigenvalue weighted by Gasteiger charge is -2.15. The number of hydrogen-bond acceptors (Lipinski definition) is 3. The highest BCUT2D eigenvalue weighted by atomic mass is 79.9. The van der Waals surface area contributed by atoms with Gasteiger partial charge in [-0.25, -0.2) is 8.42 Å². The second-order valence-electron chi connectivity index (χ2n) is 5.06. The maximum Gasteiger partial charge on any atom is 0.263 e. The Morgan fingerprint density at radius 3 is 2.14 bits per heavy atom. The van der Waals surface area contributed by atoms with Gasteiger partial charge in [-0.3, -0.25) is 4.72 Å². The van der Waals surface area contributed by atoms with Crippen molar-refractivity contribution in [2.75, 3.05) is 10.5 Å². The highest BCUT2D eigenvalue weighted by molar-refractivity contribution is 9.10. The number of anilines is 2. The number of nitrogens with two attached hydrogens (primary N) is 1. The molecule has 0 radical (unpaired) electrons. The lowest BCUT2D eigenvalue weighted by atomic mass is 10.1. The van der Waals surface area contributed by atoms with Gasteiger partial charge in [-0.15, -0.1) is 0 Å². The smallest absolute Gasteiger partial charge is 0.263 e. The number of sulfonamides is 1. The number of hydrogen-bond donors (Lipinski definition) is 2. The molecular formula is C15H17BrN2O2S. The number of nitrogens with one attached hydrogen (secondary N) is 1. The first-order chi connectivity index (χ1) is 9.70. The van der Waals surface area contributed by atoms with E-state index in [-0.39, 0.29) is 10.6 Å². The summed E-state index contributed by atoms with van der Waals surface area (Å²) < 4.78 is 28.4. The van der Waals surface area contributed by atoms with E-state index < -0.39 is 10.0 Å². The van der Waals surface area contributed by atoms with Crippen molar-refractivity contribution >= 4 is 37.3 Å². The van der Waals surface area contributed by atoms with Crippen molar-refractivity contribution in [2.24, 2.45) is 0 Å². The Bertz CT molecular complexity index is 778. The molecule has 0 aromatic heterocycles. The zero-order chi connectivity index (χ0) is 15.8. The van der Waals surface area contributed by atoms with Crippen LogP contribution in [0.15, 0.2) is 39.7 Å². The van der Waals surface area contributed by atoms with Gasteiger partial charge in [0, 0.05) is 4.47 Å². The average molecular weight is 369 g/mol. The van der Waals surface area contributed by atoms with Gasteiger partial charge in [-0.2, -0.15) is 0 Å². The molecule has 0 aliphatic carbocycles. The van der Waals surface area contributed by atoms with Crippen molar-refractivity contribution in [3.05, 3.63) is 51.5 Å². The van der Waals surface area contributed by atoms with Crippen LogP contribution in [-0.4, -0.2) is 8.42 Å². The van der Waals surface area contributed by atoms with E-state index in [0.717, 1.165) is 21.2 Å². The summed E-state index contributed by atoms with van der Waals surface area (Å²) in [4.78, 5) is 0.0741. The minimum Gasteiger partial charge on any atom is -0.398 e. The largest absolute Gasteiger partial charge is 0.398 e.